The number of hydrogen-bond donors (Lipinski definition) is 1. The average Bonchev–Trinajstić information content (AvgIpc) is 2.41. The smallest absolute Gasteiger partial charge is 0.327 e. The van der Waals surface area contributed by atoms with Crippen LogP contribution in [0.2, 0.25) is 0 Å². The molecule has 0 aliphatic carbocycles. The molecule has 0 bridgehead atoms. The zero-order chi connectivity index (χ0) is 14.9. The van der Waals surface area contributed by atoms with Crippen LogP contribution in [0.3, 0.4) is 0 Å². The van der Waals surface area contributed by atoms with Crippen LogP contribution in [-0.2, 0) is 9.53 Å². The summed E-state index contributed by atoms with van der Waals surface area (Å²) in [4.78, 5) is 14.6. The van der Waals surface area contributed by atoms with Gasteiger partial charge in [-0.3, -0.25) is 9.69 Å². The van der Waals surface area contributed by atoms with E-state index in [4.69, 9.17) is 4.74 Å². The summed E-state index contributed by atoms with van der Waals surface area (Å²) in [6.45, 7) is 15.3. The maximum atomic E-state index is 12.2. The normalized spacial score (nSPS) is 16.2. The van der Waals surface area contributed by atoms with Gasteiger partial charge in [0.2, 0.25) is 0 Å². The van der Waals surface area contributed by atoms with E-state index in [2.05, 4.69) is 37.9 Å². The Labute approximate surface area is 118 Å². The van der Waals surface area contributed by atoms with E-state index in [1.807, 2.05) is 13.8 Å². The lowest BCUT2D eigenvalue weighted by atomic mass is 10.00. The highest BCUT2D eigenvalue weighted by molar-refractivity contribution is 5.80. The van der Waals surface area contributed by atoms with Crippen LogP contribution in [0.25, 0.3) is 0 Å². The highest BCUT2D eigenvalue weighted by atomic mass is 16.5. The Bertz CT molecular complexity index is 259. The quantitative estimate of drug-likeness (QED) is 0.620. The van der Waals surface area contributed by atoms with Crippen molar-refractivity contribution in [1.29, 1.82) is 0 Å². The van der Waals surface area contributed by atoms with Crippen molar-refractivity contribution in [1.82, 2.24) is 10.2 Å². The molecule has 0 rings (SSSR count). The average molecular weight is 272 g/mol. The van der Waals surface area contributed by atoms with Gasteiger partial charge in [-0.15, -0.1) is 0 Å². The minimum absolute atomic E-state index is 0.148. The highest BCUT2D eigenvalue weighted by Crippen LogP contribution is 2.14. The summed E-state index contributed by atoms with van der Waals surface area (Å²) in [5, 5.41) is 3.36. The zero-order valence-electron chi connectivity index (χ0n) is 13.6. The third-order valence-electron chi connectivity index (χ3n) is 3.63. The first kappa shape index (κ1) is 18.4. The first-order valence-corrected chi connectivity index (χ1v) is 7.61. The van der Waals surface area contributed by atoms with Crippen molar-refractivity contribution in [2.75, 3.05) is 26.2 Å². The summed E-state index contributed by atoms with van der Waals surface area (Å²) in [6, 6.07) is 0.474. The Kier molecular flexibility index (Phi) is 9.02. The molecule has 0 aromatic carbocycles. The fourth-order valence-corrected chi connectivity index (χ4v) is 2.13. The van der Waals surface area contributed by atoms with Crippen LogP contribution in [0.1, 0.15) is 54.4 Å². The summed E-state index contributed by atoms with van der Waals surface area (Å²) >= 11 is 0. The molecular formula is C15H32N2O2. The van der Waals surface area contributed by atoms with Gasteiger partial charge in [-0.1, -0.05) is 20.8 Å². The molecule has 0 saturated carbocycles. The molecule has 0 heterocycles. The molecule has 2 atom stereocenters. The van der Waals surface area contributed by atoms with E-state index >= 15 is 0 Å². The predicted octanol–water partition coefficient (Wildman–Crippen LogP) is 2.43. The fraction of sp³-hybridized carbons (Fsp3) is 0.933. The standard InChI is InChI=1S/C15H32N2O2/c1-7-11-16-15(6,14(18)19-10-4)12-17(9-3)13(5)8-2/h13,16H,7-12H2,1-6H3. The van der Waals surface area contributed by atoms with Crippen LogP contribution < -0.4 is 5.32 Å². The van der Waals surface area contributed by atoms with E-state index in [0.29, 0.717) is 19.2 Å². The molecule has 19 heavy (non-hydrogen) atoms. The molecule has 0 aromatic heterocycles. The van der Waals surface area contributed by atoms with Gasteiger partial charge in [0.1, 0.15) is 5.54 Å². The molecule has 0 aliphatic heterocycles. The van der Waals surface area contributed by atoms with Crippen molar-refractivity contribution in [3.8, 4) is 0 Å². The second-order valence-corrected chi connectivity index (χ2v) is 5.30. The van der Waals surface area contributed by atoms with Gasteiger partial charge >= 0.3 is 5.97 Å². The van der Waals surface area contributed by atoms with E-state index in [0.717, 1.165) is 25.9 Å². The number of ether oxygens (including phenoxy) is 1. The number of rotatable bonds is 10. The van der Waals surface area contributed by atoms with Crippen LogP contribution in [-0.4, -0.2) is 48.7 Å². The number of carbonyl (C=O) groups excluding carboxylic acids is 1. The number of likely N-dealkylation sites (N-methyl/N-ethyl adjacent to an activating group) is 1. The van der Waals surface area contributed by atoms with Crippen LogP contribution in [0.15, 0.2) is 0 Å². The van der Waals surface area contributed by atoms with E-state index in [1.54, 1.807) is 0 Å². The first-order valence-electron chi connectivity index (χ1n) is 7.61. The van der Waals surface area contributed by atoms with E-state index in [9.17, 15) is 4.79 Å². The monoisotopic (exact) mass is 272 g/mol. The van der Waals surface area contributed by atoms with Gasteiger partial charge in [-0.25, -0.2) is 0 Å². The maximum absolute atomic E-state index is 12.2. The molecule has 4 nitrogen and oxygen atoms in total. The SMILES string of the molecule is CCCNC(C)(CN(CC)C(C)CC)C(=O)OCC. The highest BCUT2D eigenvalue weighted by Gasteiger charge is 2.36. The van der Waals surface area contributed by atoms with Crippen LogP contribution in [0.5, 0.6) is 0 Å². The third kappa shape index (κ3) is 5.91. The third-order valence-corrected chi connectivity index (χ3v) is 3.63. The fourth-order valence-electron chi connectivity index (χ4n) is 2.13. The Morgan fingerprint density at radius 2 is 1.95 bits per heavy atom. The van der Waals surface area contributed by atoms with Gasteiger partial charge in [-0.2, -0.15) is 0 Å². The lowest BCUT2D eigenvalue weighted by Crippen LogP contribution is -2.59. The van der Waals surface area contributed by atoms with Gasteiger partial charge < -0.3 is 10.1 Å². The second-order valence-electron chi connectivity index (χ2n) is 5.30. The Balaban J connectivity index is 4.86. The minimum atomic E-state index is -0.620. The van der Waals surface area contributed by atoms with Crippen molar-refractivity contribution in [3.63, 3.8) is 0 Å². The van der Waals surface area contributed by atoms with Gasteiger partial charge in [0.05, 0.1) is 6.61 Å². The van der Waals surface area contributed by atoms with Gasteiger partial charge in [0.25, 0.3) is 0 Å². The number of carbonyl (C=O) groups is 1. The summed E-state index contributed by atoms with van der Waals surface area (Å²) in [6.07, 6.45) is 2.09. The van der Waals surface area contributed by atoms with Crippen molar-refractivity contribution in [2.24, 2.45) is 0 Å². The van der Waals surface area contributed by atoms with Crippen LogP contribution in [0, 0.1) is 0 Å². The van der Waals surface area contributed by atoms with Crippen LogP contribution in [0.4, 0.5) is 0 Å². The summed E-state index contributed by atoms with van der Waals surface area (Å²) in [5.74, 6) is -0.148. The number of nitrogens with zero attached hydrogens (tertiary/aromatic N) is 1. The number of esters is 1. The van der Waals surface area contributed by atoms with Crippen molar-refractivity contribution >= 4 is 5.97 Å². The molecular weight excluding hydrogens is 240 g/mol. The second kappa shape index (κ2) is 9.32. The van der Waals surface area contributed by atoms with E-state index < -0.39 is 5.54 Å². The molecule has 0 aromatic rings. The first-order chi connectivity index (χ1) is 8.95. The Hall–Kier alpha value is -0.610. The molecule has 0 amide bonds. The largest absolute Gasteiger partial charge is 0.465 e. The molecule has 0 spiro atoms. The summed E-state index contributed by atoms with van der Waals surface area (Å²) in [5.41, 5.74) is -0.620. The molecule has 114 valence electrons. The van der Waals surface area contributed by atoms with Crippen molar-refractivity contribution in [2.45, 2.75) is 66.0 Å². The minimum Gasteiger partial charge on any atom is -0.465 e. The number of hydrogen-bond acceptors (Lipinski definition) is 4. The molecule has 0 fully saturated rings. The molecule has 1 N–H and O–H groups in total. The van der Waals surface area contributed by atoms with E-state index in [-0.39, 0.29) is 5.97 Å². The topological polar surface area (TPSA) is 41.6 Å². The lowest BCUT2D eigenvalue weighted by molar-refractivity contribution is -0.151. The van der Waals surface area contributed by atoms with Crippen LogP contribution >= 0.6 is 0 Å². The van der Waals surface area contributed by atoms with Gasteiger partial charge in [0.15, 0.2) is 0 Å². The predicted molar refractivity (Wildman–Crippen MR) is 80.3 cm³/mol. The molecule has 0 aliphatic rings. The summed E-state index contributed by atoms with van der Waals surface area (Å²) < 4.78 is 5.23. The molecule has 2 unspecified atom stereocenters. The lowest BCUT2D eigenvalue weighted by Gasteiger charge is -2.36. The Morgan fingerprint density at radius 1 is 1.32 bits per heavy atom. The van der Waals surface area contributed by atoms with E-state index in [1.165, 1.54) is 0 Å². The number of nitrogens with one attached hydrogen (secondary N) is 1. The van der Waals surface area contributed by atoms with Gasteiger partial charge in [0, 0.05) is 12.6 Å². The summed E-state index contributed by atoms with van der Waals surface area (Å²) in [7, 11) is 0. The molecule has 4 heteroatoms. The van der Waals surface area contributed by atoms with Crippen molar-refractivity contribution in [3.05, 3.63) is 0 Å². The molecule has 0 radical (unpaired) electrons. The van der Waals surface area contributed by atoms with Crippen molar-refractivity contribution < 1.29 is 9.53 Å². The van der Waals surface area contributed by atoms with Gasteiger partial charge in [-0.05, 0) is 46.7 Å². The zero-order valence-corrected chi connectivity index (χ0v) is 13.6. The molecule has 0 saturated heterocycles. The maximum Gasteiger partial charge on any atom is 0.327 e. The Morgan fingerprint density at radius 3 is 2.37 bits per heavy atom.